The first-order chi connectivity index (χ1) is 12.6. The number of sulfonamides is 1. The lowest BCUT2D eigenvalue weighted by Crippen LogP contribution is -2.41. The molecule has 0 bridgehead atoms. The normalized spacial score (nSPS) is 11.5. The third-order valence-electron chi connectivity index (χ3n) is 4.29. The number of hydrogen-bond acceptors (Lipinski definition) is 3. The van der Waals surface area contributed by atoms with Gasteiger partial charge in [-0.2, -0.15) is 0 Å². The number of amides is 1. The van der Waals surface area contributed by atoms with E-state index in [1.165, 1.54) is 4.90 Å². The van der Waals surface area contributed by atoms with Crippen molar-refractivity contribution in [2.45, 2.75) is 26.3 Å². The Labute approximate surface area is 166 Å². The highest BCUT2D eigenvalue weighted by Gasteiger charge is 2.23. The van der Waals surface area contributed by atoms with Crippen LogP contribution in [0.15, 0.2) is 48.5 Å². The van der Waals surface area contributed by atoms with Gasteiger partial charge in [0.15, 0.2) is 0 Å². The number of rotatable bonds is 7. The molecule has 5 nitrogen and oxygen atoms in total. The molecule has 0 N–H and O–H groups in total. The van der Waals surface area contributed by atoms with Crippen molar-refractivity contribution in [2.75, 3.05) is 24.2 Å². The second-order valence-electron chi connectivity index (χ2n) is 6.89. The maximum Gasteiger partial charge on any atom is 0.243 e. The van der Waals surface area contributed by atoms with Crippen molar-refractivity contribution < 1.29 is 13.2 Å². The van der Waals surface area contributed by atoms with Crippen molar-refractivity contribution in [2.24, 2.45) is 0 Å². The van der Waals surface area contributed by atoms with E-state index >= 15 is 0 Å². The number of benzene rings is 2. The molecule has 0 spiro atoms. The van der Waals surface area contributed by atoms with E-state index in [1.807, 2.05) is 24.3 Å². The van der Waals surface area contributed by atoms with Gasteiger partial charge in [-0.3, -0.25) is 9.10 Å². The maximum atomic E-state index is 12.6. The van der Waals surface area contributed by atoms with E-state index in [0.29, 0.717) is 23.2 Å². The van der Waals surface area contributed by atoms with E-state index in [2.05, 4.69) is 13.8 Å². The Kier molecular flexibility index (Phi) is 6.89. The summed E-state index contributed by atoms with van der Waals surface area (Å²) in [5, 5.41) is 0.626. The zero-order valence-corrected chi connectivity index (χ0v) is 17.6. The zero-order valence-electron chi connectivity index (χ0n) is 16.0. The Hall–Kier alpha value is -2.05. The SMILES string of the molecule is CC(C)c1ccc(N(CC(=O)N(C)Cc2ccc(Cl)cc2)S(C)(=O)=O)cc1. The number of carbonyl (C=O) groups excluding carboxylic acids is 1. The van der Waals surface area contributed by atoms with Crippen molar-refractivity contribution in [3.63, 3.8) is 0 Å². The molecular weight excluding hydrogens is 384 g/mol. The molecule has 2 aromatic rings. The molecule has 27 heavy (non-hydrogen) atoms. The summed E-state index contributed by atoms with van der Waals surface area (Å²) < 4.78 is 25.6. The van der Waals surface area contributed by atoms with Crippen LogP contribution in [0.1, 0.15) is 30.9 Å². The Balaban J connectivity index is 2.15. The summed E-state index contributed by atoms with van der Waals surface area (Å²) in [6, 6.07) is 14.4. The molecule has 0 aliphatic heterocycles. The van der Waals surface area contributed by atoms with Crippen molar-refractivity contribution in [3.05, 3.63) is 64.7 Å². The molecular formula is C20H25ClN2O3S. The van der Waals surface area contributed by atoms with Crippen molar-refractivity contribution in [1.82, 2.24) is 4.90 Å². The molecule has 0 saturated carbocycles. The molecule has 0 atom stereocenters. The van der Waals surface area contributed by atoms with Crippen LogP contribution in [0.2, 0.25) is 5.02 Å². The van der Waals surface area contributed by atoms with Crippen molar-refractivity contribution in [1.29, 1.82) is 0 Å². The van der Waals surface area contributed by atoms with Gasteiger partial charge >= 0.3 is 0 Å². The molecule has 0 fully saturated rings. The second-order valence-corrected chi connectivity index (χ2v) is 9.24. The van der Waals surface area contributed by atoms with Crippen LogP contribution in [0, 0.1) is 0 Å². The lowest BCUT2D eigenvalue weighted by molar-refractivity contribution is -0.128. The summed E-state index contributed by atoms with van der Waals surface area (Å²) in [5.41, 5.74) is 2.51. The number of likely N-dealkylation sites (N-methyl/N-ethyl adjacent to an activating group) is 1. The molecule has 0 radical (unpaired) electrons. The van der Waals surface area contributed by atoms with Gasteiger partial charge in [0.2, 0.25) is 15.9 Å². The molecule has 146 valence electrons. The van der Waals surface area contributed by atoms with Gasteiger partial charge < -0.3 is 4.90 Å². The van der Waals surface area contributed by atoms with Crippen LogP contribution >= 0.6 is 11.6 Å². The van der Waals surface area contributed by atoms with Gasteiger partial charge in [0.1, 0.15) is 6.54 Å². The molecule has 0 aliphatic carbocycles. The molecule has 1 amide bonds. The summed E-state index contributed by atoms with van der Waals surface area (Å²) in [7, 11) is -1.94. The largest absolute Gasteiger partial charge is 0.340 e. The molecule has 0 unspecified atom stereocenters. The first-order valence-electron chi connectivity index (χ1n) is 8.64. The average molecular weight is 409 g/mol. The van der Waals surface area contributed by atoms with Gasteiger partial charge in [0.05, 0.1) is 11.9 Å². The summed E-state index contributed by atoms with van der Waals surface area (Å²) in [5.74, 6) is 0.0567. The quantitative estimate of drug-likeness (QED) is 0.698. The number of carbonyl (C=O) groups is 1. The molecule has 0 heterocycles. The van der Waals surface area contributed by atoms with Gasteiger partial charge in [0.25, 0.3) is 0 Å². The predicted molar refractivity (Wildman–Crippen MR) is 111 cm³/mol. The highest BCUT2D eigenvalue weighted by atomic mass is 35.5. The van der Waals surface area contributed by atoms with E-state index < -0.39 is 10.0 Å². The minimum atomic E-state index is -3.59. The smallest absolute Gasteiger partial charge is 0.243 e. The Morgan fingerprint density at radius 1 is 1.04 bits per heavy atom. The van der Waals surface area contributed by atoms with Crippen LogP contribution in [0.25, 0.3) is 0 Å². The molecule has 0 saturated heterocycles. The lowest BCUT2D eigenvalue weighted by atomic mass is 10.0. The number of hydrogen-bond donors (Lipinski definition) is 0. The molecule has 2 rings (SSSR count). The number of nitrogens with zero attached hydrogens (tertiary/aromatic N) is 2. The highest BCUT2D eigenvalue weighted by Crippen LogP contribution is 2.22. The van der Waals surface area contributed by atoms with Gasteiger partial charge in [-0.25, -0.2) is 8.42 Å². The summed E-state index contributed by atoms with van der Waals surface area (Å²) in [6.07, 6.45) is 1.11. The fraction of sp³-hybridized carbons (Fsp3) is 0.350. The molecule has 0 aromatic heterocycles. The molecule has 2 aromatic carbocycles. The van der Waals surface area contributed by atoms with Crippen LogP contribution < -0.4 is 4.31 Å². The van der Waals surface area contributed by atoms with Gasteiger partial charge in [0, 0.05) is 18.6 Å². The number of halogens is 1. The third kappa shape index (κ3) is 5.97. The number of anilines is 1. The van der Waals surface area contributed by atoms with E-state index in [4.69, 9.17) is 11.6 Å². The Morgan fingerprint density at radius 3 is 2.07 bits per heavy atom. The monoisotopic (exact) mass is 408 g/mol. The topological polar surface area (TPSA) is 57.7 Å². The average Bonchev–Trinajstić information content (AvgIpc) is 2.60. The third-order valence-corrected chi connectivity index (χ3v) is 5.68. The van der Waals surface area contributed by atoms with E-state index in [9.17, 15) is 13.2 Å². The van der Waals surface area contributed by atoms with Gasteiger partial charge in [-0.15, -0.1) is 0 Å². The van der Waals surface area contributed by atoms with Crippen LogP contribution in [-0.4, -0.2) is 39.1 Å². The maximum absolute atomic E-state index is 12.6. The van der Waals surface area contributed by atoms with E-state index in [1.54, 1.807) is 31.3 Å². The summed E-state index contributed by atoms with van der Waals surface area (Å²) >= 11 is 5.87. The minimum absolute atomic E-state index is 0.246. The highest BCUT2D eigenvalue weighted by molar-refractivity contribution is 7.92. The van der Waals surface area contributed by atoms with Crippen LogP contribution in [0.4, 0.5) is 5.69 Å². The van der Waals surface area contributed by atoms with E-state index in [-0.39, 0.29) is 12.5 Å². The van der Waals surface area contributed by atoms with Crippen LogP contribution in [0.3, 0.4) is 0 Å². The summed E-state index contributed by atoms with van der Waals surface area (Å²) in [6.45, 7) is 4.26. The lowest BCUT2D eigenvalue weighted by Gasteiger charge is -2.25. The molecule has 7 heteroatoms. The predicted octanol–water partition coefficient (Wildman–Crippen LogP) is 3.89. The minimum Gasteiger partial charge on any atom is -0.340 e. The van der Waals surface area contributed by atoms with E-state index in [0.717, 1.165) is 21.7 Å². The van der Waals surface area contributed by atoms with Gasteiger partial charge in [-0.05, 0) is 41.3 Å². The standard InChI is InChI=1S/C20H25ClN2O3S/c1-15(2)17-7-11-19(12-8-17)23(27(4,25)26)14-20(24)22(3)13-16-5-9-18(21)10-6-16/h5-12,15H,13-14H2,1-4H3. The zero-order chi connectivity index (χ0) is 20.2. The first-order valence-corrected chi connectivity index (χ1v) is 10.9. The summed E-state index contributed by atoms with van der Waals surface area (Å²) in [4.78, 5) is 14.1. The second kappa shape index (κ2) is 8.76. The first kappa shape index (κ1) is 21.3. The van der Waals surface area contributed by atoms with Crippen LogP contribution in [0.5, 0.6) is 0 Å². The fourth-order valence-corrected chi connectivity index (χ4v) is 3.60. The Morgan fingerprint density at radius 2 is 1.59 bits per heavy atom. The Bertz CT molecular complexity index is 878. The van der Waals surface area contributed by atoms with Gasteiger partial charge in [-0.1, -0.05) is 49.7 Å². The van der Waals surface area contributed by atoms with Crippen LogP contribution in [-0.2, 0) is 21.4 Å². The fourth-order valence-electron chi connectivity index (χ4n) is 2.62. The molecule has 0 aliphatic rings. The van der Waals surface area contributed by atoms with Crippen molar-refractivity contribution in [3.8, 4) is 0 Å². The van der Waals surface area contributed by atoms with Crippen molar-refractivity contribution >= 4 is 33.2 Å².